The van der Waals surface area contributed by atoms with Crippen molar-refractivity contribution in [1.82, 2.24) is 15.5 Å². The number of benzene rings is 1. The molecule has 0 aromatic heterocycles. The van der Waals surface area contributed by atoms with Crippen molar-refractivity contribution in [2.45, 2.75) is 38.1 Å². The van der Waals surface area contributed by atoms with E-state index in [0.717, 1.165) is 68.3 Å². The molecule has 3 rings (SSSR count). The normalized spacial score (nSPS) is 20.5. The van der Waals surface area contributed by atoms with Gasteiger partial charge in [-0.15, -0.1) is 0 Å². The topological polar surface area (TPSA) is 78.4 Å². The molecule has 0 bridgehead atoms. The van der Waals surface area contributed by atoms with Crippen LogP contribution < -0.4 is 25.0 Å². The highest BCUT2D eigenvalue weighted by atomic mass is 16.5. The smallest absolute Gasteiger partial charge is 0.230 e. The van der Waals surface area contributed by atoms with Crippen LogP contribution in [-0.4, -0.2) is 77.8 Å². The van der Waals surface area contributed by atoms with Crippen molar-refractivity contribution in [3.05, 3.63) is 18.2 Å². The molecule has 172 valence electrons. The number of hydrogen-bond donors (Lipinski definition) is 2. The van der Waals surface area contributed by atoms with Crippen LogP contribution in [0, 0.1) is 5.41 Å². The maximum Gasteiger partial charge on any atom is 0.230 e. The number of guanidine groups is 1. The number of aliphatic imine (C=N–C) groups is 1. The highest BCUT2D eigenvalue weighted by molar-refractivity contribution is 5.85. The molecule has 0 radical (unpaired) electrons. The summed E-state index contributed by atoms with van der Waals surface area (Å²) in [7, 11) is 8.80. The number of ether oxygens (including phenoxy) is 2. The Hall–Kier alpha value is -2.64. The molecular weight excluding hydrogens is 394 g/mol. The maximum absolute atomic E-state index is 12.8. The van der Waals surface area contributed by atoms with Gasteiger partial charge in [-0.05, 0) is 19.3 Å². The quantitative estimate of drug-likeness (QED) is 0.509. The molecule has 1 aromatic carbocycles. The van der Waals surface area contributed by atoms with Crippen LogP contribution in [0.3, 0.4) is 0 Å². The summed E-state index contributed by atoms with van der Waals surface area (Å²) >= 11 is 0. The first-order chi connectivity index (χ1) is 14.9. The number of nitrogens with zero attached hydrogens (tertiary/aromatic N) is 3. The fraction of sp³-hybridized carbons (Fsp3) is 0.652. The Morgan fingerprint density at radius 1 is 1.19 bits per heavy atom. The van der Waals surface area contributed by atoms with E-state index in [9.17, 15) is 4.79 Å². The number of amides is 1. The Balaban J connectivity index is 1.59. The minimum absolute atomic E-state index is 0.215. The predicted octanol–water partition coefficient (Wildman–Crippen LogP) is 2.10. The van der Waals surface area contributed by atoms with Gasteiger partial charge in [0.25, 0.3) is 0 Å². The lowest BCUT2D eigenvalue weighted by atomic mass is 9.84. The number of nitrogens with one attached hydrogen (secondary N) is 2. The average Bonchev–Trinajstić information content (AvgIpc) is 3.46. The van der Waals surface area contributed by atoms with Crippen LogP contribution in [0.25, 0.3) is 0 Å². The van der Waals surface area contributed by atoms with Crippen molar-refractivity contribution in [2.24, 2.45) is 10.4 Å². The standard InChI is InChI=1S/C23H37N5O3/c1-24-22(25-16-23(9-6-7-10-23)21(29)27(2)3)26-17-8-11-28(15-17)18-12-19(30-4)14-20(13-18)31-5/h12-14,17H,6-11,15-16H2,1-5H3,(H2,24,25,26). The van der Waals surface area contributed by atoms with Gasteiger partial charge in [-0.2, -0.15) is 0 Å². The summed E-state index contributed by atoms with van der Waals surface area (Å²) in [5.74, 6) is 2.55. The second-order valence-electron chi connectivity index (χ2n) is 8.76. The molecule has 8 heteroatoms. The molecule has 1 unspecified atom stereocenters. The summed E-state index contributed by atoms with van der Waals surface area (Å²) in [5.41, 5.74) is 0.768. The third-order valence-corrected chi connectivity index (χ3v) is 6.47. The first kappa shape index (κ1) is 23.0. The molecule has 1 saturated carbocycles. The monoisotopic (exact) mass is 431 g/mol. The highest BCUT2D eigenvalue weighted by Crippen LogP contribution is 2.39. The number of anilines is 1. The van der Waals surface area contributed by atoms with Gasteiger partial charge in [-0.3, -0.25) is 9.79 Å². The molecule has 8 nitrogen and oxygen atoms in total. The van der Waals surface area contributed by atoms with Gasteiger partial charge >= 0.3 is 0 Å². The lowest BCUT2D eigenvalue weighted by Gasteiger charge is -2.31. The summed E-state index contributed by atoms with van der Waals surface area (Å²) in [4.78, 5) is 21.3. The van der Waals surface area contributed by atoms with E-state index in [4.69, 9.17) is 9.47 Å². The van der Waals surface area contributed by atoms with Crippen LogP contribution in [0.4, 0.5) is 5.69 Å². The summed E-state index contributed by atoms with van der Waals surface area (Å²) in [6, 6.07) is 6.23. The lowest BCUT2D eigenvalue weighted by Crippen LogP contribution is -2.51. The number of rotatable bonds is 7. The van der Waals surface area contributed by atoms with E-state index in [2.05, 4.69) is 20.5 Å². The first-order valence-corrected chi connectivity index (χ1v) is 11.1. The minimum atomic E-state index is -0.319. The third kappa shape index (κ3) is 5.35. The van der Waals surface area contributed by atoms with Gasteiger partial charge in [-0.25, -0.2) is 0 Å². The number of carbonyl (C=O) groups excluding carboxylic acids is 1. The van der Waals surface area contributed by atoms with E-state index < -0.39 is 0 Å². The average molecular weight is 432 g/mol. The van der Waals surface area contributed by atoms with Crippen molar-refractivity contribution in [2.75, 3.05) is 59.9 Å². The van der Waals surface area contributed by atoms with Crippen LogP contribution in [0.2, 0.25) is 0 Å². The van der Waals surface area contributed by atoms with Crippen LogP contribution in [0.5, 0.6) is 11.5 Å². The fourth-order valence-corrected chi connectivity index (χ4v) is 4.72. The molecule has 1 aromatic rings. The highest BCUT2D eigenvalue weighted by Gasteiger charge is 2.42. The van der Waals surface area contributed by atoms with E-state index in [0.29, 0.717) is 6.54 Å². The zero-order valence-corrected chi connectivity index (χ0v) is 19.5. The fourth-order valence-electron chi connectivity index (χ4n) is 4.72. The van der Waals surface area contributed by atoms with E-state index in [-0.39, 0.29) is 17.4 Å². The van der Waals surface area contributed by atoms with Gasteiger partial charge in [0, 0.05) is 70.7 Å². The van der Waals surface area contributed by atoms with Crippen molar-refractivity contribution >= 4 is 17.6 Å². The number of carbonyl (C=O) groups is 1. The van der Waals surface area contributed by atoms with Gasteiger partial charge in [0.05, 0.1) is 19.6 Å². The lowest BCUT2D eigenvalue weighted by molar-refractivity contribution is -0.138. The molecule has 1 heterocycles. The summed E-state index contributed by atoms with van der Waals surface area (Å²) < 4.78 is 10.8. The van der Waals surface area contributed by atoms with Crippen molar-refractivity contribution in [3.8, 4) is 11.5 Å². The summed E-state index contributed by atoms with van der Waals surface area (Å²) in [6.07, 6.45) is 5.08. The van der Waals surface area contributed by atoms with Crippen LogP contribution in [0.1, 0.15) is 32.1 Å². The Morgan fingerprint density at radius 3 is 2.39 bits per heavy atom. The Kier molecular flexibility index (Phi) is 7.51. The Morgan fingerprint density at radius 2 is 1.84 bits per heavy atom. The molecule has 1 saturated heterocycles. The van der Waals surface area contributed by atoms with Gasteiger partial charge in [0.15, 0.2) is 5.96 Å². The van der Waals surface area contributed by atoms with E-state index in [1.807, 2.05) is 32.3 Å². The molecule has 31 heavy (non-hydrogen) atoms. The summed E-state index contributed by atoms with van der Waals surface area (Å²) in [5, 5.41) is 6.98. The Bertz CT molecular complexity index is 767. The molecule has 2 aliphatic rings. The van der Waals surface area contributed by atoms with Crippen molar-refractivity contribution in [3.63, 3.8) is 0 Å². The zero-order valence-electron chi connectivity index (χ0n) is 19.5. The van der Waals surface area contributed by atoms with E-state index in [1.165, 1.54) is 0 Å². The largest absolute Gasteiger partial charge is 0.497 e. The van der Waals surface area contributed by atoms with E-state index in [1.54, 1.807) is 26.2 Å². The van der Waals surface area contributed by atoms with Crippen molar-refractivity contribution in [1.29, 1.82) is 0 Å². The first-order valence-electron chi connectivity index (χ1n) is 11.1. The van der Waals surface area contributed by atoms with Gasteiger partial charge < -0.3 is 29.9 Å². The van der Waals surface area contributed by atoms with Crippen LogP contribution >= 0.6 is 0 Å². The molecule has 1 aliphatic carbocycles. The second-order valence-corrected chi connectivity index (χ2v) is 8.76. The SMILES string of the molecule is CN=C(NCC1(C(=O)N(C)C)CCCC1)NC1CCN(c2cc(OC)cc(OC)c2)C1. The van der Waals surface area contributed by atoms with Crippen LogP contribution in [0.15, 0.2) is 23.2 Å². The van der Waals surface area contributed by atoms with E-state index >= 15 is 0 Å². The number of methoxy groups -OCH3 is 2. The maximum atomic E-state index is 12.8. The molecular formula is C23H37N5O3. The predicted molar refractivity (Wildman–Crippen MR) is 124 cm³/mol. The molecule has 1 aliphatic heterocycles. The molecule has 1 amide bonds. The van der Waals surface area contributed by atoms with Crippen LogP contribution in [-0.2, 0) is 4.79 Å². The number of hydrogen-bond acceptors (Lipinski definition) is 5. The molecule has 0 spiro atoms. The van der Waals surface area contributed by atoms with Crippen molar-refractivity contribution < 1.29 is 14.3 Å². The Labute approximate surface area is 186 Å². The molecule has 2 fully saturated rings. The zero-order chi connectivity index (χ0) is 22.4. The van der Waals surface area contributed by atoms with Gasteiger partial charge in [0.2, 0.25) is 5.91 Å². The van der Waals surface area contributed by atoms with Gasteiger partial charge in [-0.1, -0.05) is 12.8 Å². The molecule has 2 N–H and O–H groups in total. The third-order valence-electron chi connectivity index (χ3n) is 6.47. The molecule has 1 atom stereocenters. The minimum Gasteiger partial charge on any atom is -0.497 e. The van der Waals surface area contributed by atoms with Gasteiger partial charge in [0.1, 0.15) is 11.5 Å². The second kappa shape index (κ2) is 10.1. The summed E-state index contributed by atoms with van der Waals surface area (Å²) in [6.45, 7) is 2.42.